The molecule has 0 bridgehead atoms. The van der Waals surface area contributed by atoms with E-state index in [0.29, 0.717) is 12.8 Å². The van der Waals surface area contributed by atoms with E-state index >= 15 is 0 Å². The highest BCUT2D eigenvalue weighted by molar-refractivity contribution is 6.04. The average Bonchev–Trinajstić information content (AvgIpc) is 3.28. The van der Waals surface area contributed by atoms with Crippen LogP contribution in [-0.2, 0) is 10.2 Å². The first-order valence-electron chi connectivity index (χ1n) is 7.54. The van der Waals surface area contributed by atoms with E-state index in [1.54, 1.807) is 6.20 Å². The number of hydrogen-bond acceptors (Lipinski definition) is 1. The number of amides is 1. The summed E-state index contributed by atoms with van der Waals surface area (Å²) in [5.41, 5.74) is 0.617. The van der Waals surface area contributed by atoms with Crippen LogP contribution in [0.1, 0.15) is 18.4 Å². The van der Waals surface area contributed by atoms with Crippen LogP contribution < -0.4 is 5.32 Å². The van der Waals surface area contributed by atoms with E-state index in [0.717, 1.165) is 28.6 Å². The van der Waals surface area contributed by atoms with Gasteiger partial charge in [0.25, 0.3) is 0 Å². The van der Waals surface area contributed by atoms with Gasteiger partial charge in [0.2, 0.25) is 5.91 Å². The SMILES string of the molecule is O=C(Nc1ccc(F)c(F)c1F)C1(c2c[nH]c3ccccc23)CC1. The van der Waals surface area contributed by atoms with Crippen LogP contribution in [-0.4, -0.2) is 10.9 Å². The predicted octanol–water partition coefficient (Wildman–Crippen LogP) is 4.26. The lowest BCUT2D eigenvalue weighted by atomic mass is 9.94. The van der Waals surface area contributed by atoms with Crippen molar-refractivity contribution >= 4 is 22.5 Å². The highest BCUT2D eigenvalue weighted by Gasteiger charge is 2.52. The summed E-state index contributed by atoms with van der Waals surface area (Å²) in [6.45, 7) is 0. The highest BCUT2D eigenvalue weighted by atomic mass is 19.2. The molecule has 1 heterocycles. The Bertz CT molecular complexity index is 960. The Morgan fingerprint density at radius 3 is 2.54 bits per heavy atom. The summed E-state index contributed by atoms with van der Waals surface area (Å²) in [5.74, 6) is -4.69. The van der Waals surface area contributed by atoms with Crippen LogP contribution in [0.4, 0.5) is 18.9 Å². The number of benzene rings is 2. The summed E-state index contributed by atoms with van der Waals surface area (Å²) in [7, 11) is 0. The number of aromatic amines is 1. The second-order valence-electron chi connectivity index (χ2n) is 6.01. The van der Waals surface area contributed by atoms with Gasteiger partial charge in [-0.1, -0.05) is 18.2 Å². The van der Waals surface area contributed by atoms with Gasteiger partial charge in [0, 0.05) is 17.1 Å². The molecule has 0 radical (unpaired) electrons. The minimum atomic E-state index is -1.59. The van der Waals surface area contributed by atoms with Gasteiger partial charge in [0.1, 0.15) is 0 Å². The fraction of sp³-hybridized carbons (Fsp3) is 0.167. The lowest BCUT2D eigenvalue weighted by molar-refractivity contribution is -0.118. The number of aromatic nitrogens is 1. The zero-order chi connectivity index (χ0) is 16.9. The van der Waals surface area contributed by atoms with Crippen molar-refractivity contribution in [3.05, 3.63) is 65.6 Å². The summed E-state index contributed by atoms with van der Waals surface area (Å²) in [4.78, 5) is 15.8. The molecule has 1 fully saturated rings. The molecule has 3 nitrogen and oxygen atoms in total. The fourth-order valence-electron chi connectivity index (χ4n) is 3.08. The van der Waals surface area contributed by atoms with E-state index in [2.05, 4.69) is 10.3 Å². The van der Waals surface area contributed by atoms with Gasteiger partial charge in [-0.25, -0.2) is 13.2 Å². The highest BCUT2D eigenvalue weighted by Crippen LogP contribution is 2.51. The van der Waals surface area contributed by atoms with Crippen molar-refractivity contribution < 1.29 is 18.0 Å². The van der Waals surface area contributed by atoms with Crippen molar-refractivity contribution in [2.75, 3.05) is 5.32 Å². The van der Waals surface area contributed by atoms with Crippen molar-refractivity contribution in [2.45, 2.75) is 18.3 Å². The minimum Gasteiger partial charge on any atom is -0.361 e. The van der Waals surface area contributed by atoms with Gasteiger partial charge < -0.3 is 10.3 Å². The number of anilines is 1. The first-order valence-corrected chi connectivity index (χ1v) is 7.54. The van der Waals surface area contributed by atoms with Crippen LogP contribution >= 0.6 is 0 Å². The quantitative estimate of drug-likeness (QED) is 0.693. The number of fused-ring (bicyclic) bond motifs is 1. The standard InChI is InChI=1S/C18H13F3N2O/c19-12-5-6-14(16(21)15(12)20)23-17(24)18(7-8-18)11-9-22-13-4-2-1-3-10(11)13/h1-6,9,22H,7-8H2,(H,23,24). The predicted molar refractivity (Wildman–Crippen MR) is 84.2 cm³/mol. The van der Waals surface area contributed by atoms with Gasteiger partial charge in [0.05, 0.1) is 11.1 Å². The molecule has 0 atom stereocenters. The van der Waals surface area contributed by atoms with E-state index in [1.807, 2.05) is 24.3 Å². The van der Waals surface area contributed by atoms with Crippen molar-refractivity contribution in [1.82, 2.24) is 4.98 Å². The summed E-state index contributed by atoms with van der Waals surface area (Å²) < 4.78 is 40.1. The lowest BCUT2D eigenvalue weighted by Crippen LogP contribution is -2.28. The number of hydrogen-bond donors (Lipinski definition) is 2. The van der Waals surface area contributed by atoms with Gasteiger partial charge >= 0.3 is 0 Å². The summed E-state index contributed by atoms with van der Waals surface area (Å²) >= 11 is 0. The molecule has 122 valence electrons. The first-order chi connectivity index (χ1) is 11.5. The molecular formula is C18H13F3N2O. The number of H-pyrrole nitrogens is 1. The molecule has 0 unspecified atom stereocenters. The topological polar surface area (TPSA) is 44.9 Å². The van der Waals surface area contributed by atoms with Crippen molar-refractivity contribution in [3.63, 3.8) is 0 Å². The molecule has 2 aromatic carbocycles. The van der Waals surface area contributed by atoms with E-state index in [-0.39, 0.29) is 5.69 Å². The lowest BCUT2D eigenvalue weighted by Gasteiger charge is -2.15. The zero-order valence-electron chi connectivity index (χ0n) is 12.5. The Morgan fingerprint density at radius 2 is 1.79 bits per heavy atom. The molecule has 1 amide bonds. The van der Waals surface area contributed by atoms with Crippen LogP contribution in [0.3, 0.4) is 0 Å². The van der Waals surface area contributed by atoms with E-state index in [1.165, 1.54) is 0 Å². The molecule has 3 aromatic rings. The van der Waals surface area contributed by atoms with Gasteiger partial charge in [-0.05, 0) is 36.6 Å². The zero-order valence-corrected chi connectivity index (χ0v) is 12.5. The number of rotatable bonds is 3. The third-order valence-electron chi connectivity index (χ3n) is 4.57. The molecule has 6 heteroatoms. The van der Waals surface area contributed by atoms with Crippen molar-refractivity contribution in [1.29, 1.82) is 0 Å². The first kappa shape index (κ1) is 14.8. The molecule has 1 aliphatic rings. The molecule has 4 rings (SSSR count). The number of para-hydroxylation sites is 1. The van der Waals surface area contributed by atoms with Crippen LogP contribution in [0.2, 0.25) is 0 Å². The molecule has 1 aromatic heterocycles. The van der Waals surface area contributed by atoms with Gasteiger partial charge in [0.15, 0.2) is 17.5 Å². The van der Waals surface area contributed by atoms with Crippen molar-refractivity contribution in [3.8, 4) is 0 Å². The number of carbonyl (C=O) groups is 1. The second-order valence-corrected chi connectivity index (χ2v) is 6.01. The molecule has 2 N–H and O–H groups in total. The Kier molecular flexibility index (Phi) is 3.16. The Morgan fingerprint density at radius 1 is 1.04 bits per heavy atom. The van der Waals surface area contributed by atoms with E-state index in [9.17, 15) is 18.0 Å². The Balaban J connectivity index is 1.69. The second kappa shape index (κ2) is 5.12. The number of halogens is 3. The van der Waals surface area contributed by atoms with Crippen LogP contribution in [0.25, 0.3) is 10.9 Å². The molecular weight excluding hydrogens is 317 g/mol. The van der Waals surface area contributed by atoms with E-state index < -0.39 is 28.8 Å². The van der Waals surface area contributed by atoms with Crippen LogP contribution in [0.15, 0.2) is 42.6 Å². The Hall–Kier alpha value is -2.76. The number of nitrogens with one attached hydrogen (secondary N) is 2. The maximum absolute atomic E-state index is 13.8. The Labute approximate surface area is 135 Å². The largest absolute Gasteiger partial charge is 0.361 e. The summed E-state index contributed by atoms with van der Waals surface area (Å²) in [6, 6.07) is 9.40. The van der Waals surface area contributed by atoms with E-state index in [4.69, 9.17) is 0 Å². The van der Waals surface area contributed by atoms with Gasteiger partial charge in [-0.2, -0.15) is 0 Å². The van der Waals surface area contributed by atoms with Crippen molar-refractivity contribution in [2.24, 2.45) is 0 Å². The van der Waals surface area contributed by atoms with Crippen LogP contribution in [0.5, 0.6) is 0 Å². The third kappa shape index (κ3) is 2.10. The summed E-state index contributed by atoms with van der Waals surface area (Å²) in [6.07, 6.45) is 3.01. The smallest absolute Gasteiger partial charge is 0.235 e. The normalized spacial score (nSPS) is 15.5. The maximum Gasteiger partial charge on any atom is 0.235 e. The molecule has 1 saturated carbocycles. The minimum absolute atomic E-state index is 0.356. The van der Waals surface area contributed by atoms with Gasteiger partial charge in [-0.15, -0.1) is 0 Å². The average molecular weight is 330 g/mol. The maximum atomic E-state index is 13.8. The monoisotopic (exact) mass is 330 g/mol. The molecule has 1 aliphatic carbocycles. The number of carbonyl (C=O) groups excluding carboxylic acids is 1. The molecule has 0 saturated heterocycles. The summed E-state index contributed by atoms with van der Waals surface area (Å²) in [5, 5.41) is 3.33. The molecule has 0 spiro atoms. The fourth-order valence-corrected chi connectivity index (χ4v) is 3.08. The third-order valence-corrected chi connectivity index (χ3v) is 4.57. The van der Waals surface area contributed by atoms with Crippen LogP contribution in [0, 0.1) is 17.5 Å². The molecule has 0 aliphatic heterocycles. The van der Waals surface area contributed by atoms with Gasteiger partial charge in [-0.3, -0.25) is 4.79 Å². The molecule has 24 heavy (non-hydrogen) atoms.